The van der Waals surface area contributed by atoms with Gasteiger partial charge in [-0.3, -0.25) is 9.10 Å². The van der Waals surface area contributed by atoms with Crippen LogP contribution in [-0.4, -0.2) is 32.8 Å². The molecule has 0 radical (unpaired) electrons. The van der Waals surface area contributed by atoms with Crippen LogP contribution in [0.4, 0.5) is 5.69 Å². The van der Waals surface area contributed by atoms with Crippen molar-refractivity contribution in [2.75, 3.05) is 17.9 Å². The van der Waals surface area contributed by atoms with Gasteiger partial charge in [0.25, 0.3) is 10.0 Å². The predicted octanol–water partition coefficient (Wildman–Crippen LogP) is 6.73. The number of amides is 1. The molecule has 0 N–H and O–H groups in total. The van der Waals surface area contributed by atoms with E-state index in [2.05, 4.69) is 31.9 Å². The Balaban J connectivity index is 1.86. The first kappa shape index (κ1) is 26.7. The molecule has 0 heterocycles. The number of benzene rings is 3. The molecule has 5 nitrogen and oxygen atoms in total. The topological polar surface area (TPSA) is 57.7 Å². The van der Waals surface area contributed by atoms with Crippen molar-refractivity contribution in [3.8, 4) is 0 Å². The largest absolute Gasteiger partial charge is 0.341 e. The van der Waals surface area contributed by atoms with E-state index in [1.165, 1.54) is 4.31 Å². The standard InChI is InChI=1S/C25H25Br2ClN2O3S/c1-17-13-18(2)15-21(14-17)30(34(32,33)22-9-7-20(26)8-10-22)12-11-24(31)29(3)16-19-5-4-6-23(28)25(19)27/h4-10,13-15H,11-12,16H2,1-3H3. The number of sulfonamides is 1. The summed E-state index contributed by atoms with van der Waals surface area (Å²) in [5.41, 5.74) is 3.30. The average Bonchev–Trinajstić information content (AvgIpc) is 2.76. The fourth-order valence-electron chi connectivity index (χ4n) is 3.62. The lowest BCUT2D eigenvalue weighted by molar-refractivity contribution is -0.130. The van der Waals surface area contributed by atoms with Gasteiger partial charge in [0.1, 0.15) is 0 Å². The number of anilines is 1. The van der Waals surface area contributed by atoms with Crippen molar-refractivity contribution in [3.63, 3.8) is 0 Å². The molecule has 34 heavy (non-hydrogen) atoms. The molecule has 0 saturated carbocycles. The highest BCUT2D eigenvalue weighted by Gasteiger charge is 2.26. The third-order valence-corrected chi connectivity index (χ3v) is 9.14. The number of halogens is 3. The summed E-state index contributed by atoms with van der Waals surface area (Å²) in [5, 5.41) is 0.569. The number of aryl methyl sites for hydroxylation is 2. The van der Waals surface area contributed by atoms with Crippen molar-refractivity contribution < 1.29 is 13.2 Å². The molecule has 9 heteroatoms. The molecular formula is C25H25Br2ClN2O3S. The van der Waals surface area contributed by atoms with Crippen molar-refractivity contribution >= 4 is 65.1 Å². The third-order valence-electron chi connectivity index (χ3n) is 5.29. The zero-order valence-corrected chi connectivity index (χ0v) is 23.8. The summed E-state index contributed by atoms with van der Waals surface area (Å²) >= 11 is 13.0. The molecule has 0 aliphatic heterocycles. The van der Waals surface area contributed by atoms with Crippen LogP contribution in [0.5, 0.6) is 0 Å². The Morgan fingerprint density at radius 3 is 2.21 bits per heavy atom. The lowest BCUT2D eigenvalue weighted by atomic mass is 10.1. The summed E-state index contributed by atoms with van der Waals surface area (Å²) < 4.78 is 30.0. The summed E-state index contributed by atoms with van der Waals surface area (Å²) in [6.07, 6.45) is 0.0252. The minimum atomic E-state index is -3.88. The Hall–Kier alpha value is -1.87. The molecule has 0 aliphatic carbocycles. The third kappa shape index (κ3) is 6.42. The maximum Gasteiger partial charge on any atom is 0.264 e. The summed E-state index contributed by atoms with van der Waals surface area (Å²) in [4.78, 5) is 14.7. The van der Waals surface area contributed by atoms with E-state index >= 15 is 0 Å². The van der Waals surface area contributed by atoms with Crippen molar-refractivity contribution in [3.05, 3.63) is 91.3 Å². The van der Waals surface area contributed by atoms with Crippen molar-refractivity contribution in [1.29, 1.82) is 0 Å². The molecule has 3 aromatic carbocycles. The molecule has 180 valence electrons. The summed E-state index contributed by atoms with van der Waals surface area (Å²) in [5.74, 6) is -0.174. The van der Waals surface area contributed by atoms with Gasteiger partial charge in [0, 0.05) is 35.5 Å². The Bertz CT molecular complexity index is 1280. The molecule has 3 rings (SSSR count). The number of hydrogen-bond acceptors (Lipinski definition) is 3. The molecule has 0 aromatic heterocycles. The maximum atomic E-state index is 13.6. The smallest absolute Gasteiger partial charge is 0.264 e. The number of carbonyl (C=O) groups is 1. The van der Waals surface area contributed by atoms with Gasteiger partial charge < -0.3 is 4.90 Å². The molecule has 0 atom stereocenters. The zero-order chi connectivity index (χ0) is 25.0. The quantitative estimate of drug-likeness (QED) is 0.278. The summed E-state index contributed by atoms with van der Waals surface area (Å²) in [6.45, 7) is 4.20. The minimum absolute atomic E-state index is 0.0151. The number of carbonyl (C=O) groups excluding carboxylic acids is 1. The highest BCUT2D eigenvalue weighted by atomic mass is 79.9. The normalized spacial score (nSPS) is 11.4. The molecule has 0 saturated heterocycles. The molecular weight excluding hydrogens is 604 g/mol. The molecule has 0 unspecified atom stereocenters. The van der Waals surface area contributed by atoms with Gasteiger partial charge in [0.15, 0.2) is 0 Å². The fourth-order valence-corrected chi connectivity index (χ4v) is 5.92. The van der Waals surface area contributed by atoms with E-state index in [0.717, 1.165) is 25.6 Å². The van der Waals surface area contributed by atoms with Crippen molar-refractivity contribution in [2.45, 2.75) is 31.7 Å². The first-order chi connectivity index (χ1) is 16.0. The number of rotatable bonds is 8. The van der Waals surface area contributed by atoms with Crippen LogP contribution in [0.15, 0.2) is 74.5 Å². The van der Waals surface area contributed by atoms with Crippen LogP contribution >= 0.6 is 43.5 Å². The second-order valence-electron chi connectivity index (χ2n) is 8.09. The van der Waals surface area contributed by atoms with Gasteiger partial charge in [-0.25, -0.2) is 8.42 Å². The van der Waals surface area contributed by atoms with E-state index in [1.54, 1.807) is 42.3 Å². The Labute approximate surface area is 223 Å². The Morgan fingerprint density at radius 2 is 1.59 bits per heavy atom. The zero-order valence-electron chi connectivity index (χ0n) is 19.1. The molecule has 0 bridgehead atoms. The van der Waals surface area contributed by atoms with Crippen LogP contribution < -0.4 is 4.31 Å². The lowest BCUT2D eigenvalue weighted by Crippen LogP contribution is -2.36. The lowest BCUT2D eigenvalue weighted by Gasteiger charge is -2.26. The van der Waals surface area contributed by atoms with Gasteiger partial charge >= 0.3 is 0 Å². The van der Waals surface area contributed by atoms with Crippen LogP contribution in [0, 0.1) is 13.8 Å². The van der Waals surface area contributed by atoms with E-state index in [4.69, 9.17) is 11.6 Å². The van der Waals surface area contributed by atoms with Crippen LogP contribution in [-0.2, 0) is 21.4 Å². The van der Waals surface area contributed by atoms with Gasteiger partial charge in [0.05, 0.1) is 15.6 Å². The van der Waals surface area contributed by atoms with Crippen LogP contribution in [0.25, 0.3) is 0 Å². The van der Waals surface area contributed by atoms with Crippen molar-refractivity contribution in [2.24, 2.45) is 0 Å². The summed E-state index contributed by atoms with van der Waals surface area (Å²) in [6, 6.07) is 17.6. The molecule has 3 aromatic rings. The second-order valence-corrected chi connectivity index (χ2v) is 12.1. The van der Waals surface area contributed by atoms with E-state index in [1.807, 2.05) is 44.2 Å². The number of nitrogens with zero attached hydrogens (tertiary/aromatic N) is 2. The predicted molar refractivity (Wildman–Crippen MR) is 145 cm³/mol. The van der Waals surface area contributed by atoms with Gasteiger partial charge in [-0.2, -0.15) is 0 Å². The van der Waals surface area contributed by atoms with E-state index < -0.39 is 10.0 Å². The van der Waals surface area contributed by atoms with Gasteiger partial charge in [-0.1, -0.05) is 45.7 Å². The fraction of sp³-hybridized carbons (Fsp3) is 0.240. The molecule has 1 amide bonds. The van der Waals surface area contributed by atoms with Crippen LogP contribution in [0.1, 0.15) is 23.1 Å². The van der Waals surface area contributed by atoms with E-state index in [0.29, 0.717) is 17.3 Å². The highest BCUT2D eigenvalue weighted by Crippen LogP contribution is 2.29. The minimum Gasteiger partial charge on any atom is -0.341 e. The van der Waals surface area contributed by atoms with Crippen LogP contribution in [0.3, 0.4) is 0 Å². The van der Waals surface area contributed by atoms with E-state index in [9.17, 15) is 13.2 Å². The molecule has 0 fully saturated rings. The average molecular weight is 629 g/mol. The Kier molecular flexibility index (Phi) is 8.84. The highest BCUT2D eigenvalue weighted by molar-refractivity contribution is 9.10. The SMILES string of the molecule is Cc1cc(C)cc(N(CCC(=O)N(C)Cc2cccc(Cl)c2Br)S(=O)(=O)c2ccc(Br)cc2)c1. The number of hydrogen-bond donors (Lipinski definition) is 0. The van der Waals surface area contributed by atoms with Crippen molar-refractivity contribution in [1.82, 2.24) is 4.90 Å². The van der Waals surface area contributed by atoms with Gasteiger partial charge in [-0.15, -0.1) is 0 Å². The monoisotopic (exact) mass is 626 g/mol. The van der Waals surface area contributed by atoms with Gasteiger partial charge in [-0.05, 0) is 88.9 Å². The first-order valence-corrected chi connectivity index (χ1v) is 13.9. The second kappa shape index (κ2) is 11.2. The first-order valence-electron chi connectivity index (χ1n) is 10.5. The Morgan fingerprint density at radius 1 is 0.971 bits per heavy atom. The molecule has 0 aliphatic rings. The van der Waals surface area contributed by atoms with E-state index in [-0.39, 0.29) is 23.8 Å². The van der Waals surface area contributed by atoms with Gasteiger partial charge in [0.2, 0.25) is 5.91 Å². The van der Waals surface area contributed by atoms with Crippen LogP contribution in [0.2, 0.25) is 5.02 Å². The maximum absolute atomic E-state index is 13.6. The molecule has 0 spiro atoms. The summed E-state index contributed by atoms with van der Waals surface area (Å²) in [7, 11) is -2.19.